The van der Waals surface area contributed by atoms with Gasteiger partial charge < -0.3 is 10.1 Å². The summed E-state index contributed by atoms with van der Waals surface area (Å²) in [5, 5.41) is 13.0. The first kappa shape index (κ1) is 21.4. The minimum Gasteiger partial charge on any atom is -0.496 e. The second kappa shape index (κ2) is 8.47. The highest BCUT2D eigenvalue weighted by Crippen LogP contribution is 2.40. The van der Waals surface area contributed by atoms with Gasteiger partial charge in [0.1, 0.15) is 5.75 Å². The van der Waals surface area contributed by atoms with E-state index in [2.05, 4.69) is 16.4 Å². The van der Waals surface area contributed by atoms with Crippen LogP contribution in [-0.2, 0) is 28.9 Å². The quantitative estimate of drug-likeness (QED) is 0.676. The highest BCUT2D eigenvalue weighted by atomic mass is 16.5. The number of fused-ring (bicyclic) bond motifs is 2. The highest BCUT2D eigenvalue weighted by Gasteiger charge is 2.42. The topological polar surface area (TPSA) is 92.1 Å². The number of ether oxygens (including phenoxy) is 1. The Morgan fingerprint density at radius 2 is 2.06 bits per heavy atom. The summed E-state index contributed by atoms with van der Waals surface area (Å²) >= 11 is 0. The smallest absolute Gasteiger partial charge is 0.248 e. The van der Waals surface area contributed by atoms with Gasteiger partial charge in [-0.15, -0.1) is 0 Å². The van der Waals surface area contributed by atoms with Gasteiger partial charge in [0.05, 0.1) is 24.6 Å². The van der Waals surface area contributed by atoms with Gasteiger partial charge >= 0.3 is 0 Å². The van der Waals surface area contributed by atoms with E-state index in [0.717, 1.165) is 41.0 Å². The first-order valence-electron chi connectivity index (χ1n) is 11.5. The number of hydrogen-bond acceptors (Lipinski definition) is 5. The number of hydrogen-bond donors (Lipinski definition) is 1. The van der Waals surface area contributed by atoms with Crippen molar-refractivity contribution in [3.8, 4) is 11.8 Å². The molecule has 3 aliphatic carbocycles. The maximum Gasteiger partial charge on any atom is 0.248 e. The summed E-state index contributed by atoms with van der Waals surface area (Å²) in [6, 6.07) is 11.5. The molecule has 1 fully saturated rings. The van der Waals surface area contributed by atoms with E-state index in [4.69, 9.17) is 4.74 Å². The molecule has 0 radical (unpaired) electrons. The Hall–Kier alpha value is -3.46. The van der Waals surface area contributed by atoms with E-state index < -0.39 is 11.5 Å². The number of pyridine rings is 1. The lowest BCUT2D eigenvalue weighted by Gasteiger charge is -2.24. The molecule has 1 heterocycles. The number of benzene rings is 1. The zero-order valence-electron chi connectivity index (χ0n) is 18.8. The molecule has 0 unspecified atom stereocenters. The van der Waals surface area contributed by atoms with Gasteiger partial charge in [-0.25, -0.2) is 0 Å². The Labute approximate surface area is 193 Å². The summed E-state index contributed by atoms with van der Waals surface area (Å²) in [6.45, 7) is 0. The van der Waals surface area contributed by atoms with Crippen LogP contribution < -0.4 is 10.1 Å². The monoisotopic (exact) mass is 441 g/mol. The Kier molecular flexibility index (Phi) is 5.49. The number of ketones is 1. The van der Waals surface area contributed by atoms with E-state index >= 15 is 0 Å². The van der Waals surface area contributed by atoms with Gasteiger partial charge in [0.25, 0.3) is 0 Å². The van der Waals surface area contributed by atoms with Crippen LogP contribution in [0.4, 0.5) is 0 Å². The number of nitriles is 1. The standard InChI is InChI=1S/C27H27N3O3/c1-33-25-6-2-4-18-11-20(12-21(18)25)26(32)30-22(10-17-7-8-17)24(31)15-27(16-28)13-19-5-3-9-29-23(19)14-27/h2-6,9,12,17,22H,7-8,10-11,13-15H2,1H3,(H,30,32)/t22-,27+/m0/s1. The summed E-state index contributed by atoms with van der Waals surface area (Å²) in [5.74, 6) is 0.939. The Morgan fingerprint density at radius 1 is 1.24 bits per heavy atom. The predicted molar refractivity (Wildman–Crippen MR) is 123 cm³/mol. The van der Waals surface area contributed by atoms with Crippen molar-refractivity contribution in [1.29, 1.82) is 5.26 Å². The van der Waals surface area contributed by atoms with Gasteiger partial charge in [-0.3, -0.25) is 14.6 Å². The van der Waals surface area contributed by atoms with Crippen molar-refractivity contribution in [3.63, 3.8) is 0 Å². The Balaban J connectivity index is 1.31. The molecule has 168 valence electrons. The van der Waals surface area contributed by atoms with Crippen LogP contribution in [0.2, 0.25) is 0 Å². The van der Waals surface area contributed by atoms with Gasteiger partial charge in [-0.2, -0.15) is 5.26 Å². The first-order chi connectivity index (χ1) is 16.0. The van der Waals surface area contributed by atoms with Gasteiger partial charge in [0.2, 0.25) is 5.91 Å². The maximum absolute atomic E-state index is 13.4. The average molecular weight is 442 g/mol. The van der Waals surface area contributed by atoms with Crippen LogP contribution in [0.25, 0.3) is 6.08 Å². The summed E-state index contributed by atoms with van der Waals surface area (Å²) in [4.78, 5) is 31.0. The number of carbonyl (C=O) groups excluding carboxylic acids is 2. The van der Waals surface area contributed by atoms with Crippen molar-refractivity contribution < 1.29 is 14.3 Å². The third kappa shape index (κ3) is 4.28. The molecule has 1 aromatic heterocycles. The van der Waals surface area contributed by atoms with Crippen molar-refractivity contribution in [1.82, 2.24) is 10.3 Å². The highest BCUT2D eigenvalue weighted by molar-refractivity contribution is 6.03. The molecule has 1 N–H and O–H groups in total. The molecule has 33 heavy (non-hydrogen) atoms. The fourth-order valence-electron chi connectivity index (χ4n) is 5.11. The molecule has 5 rings (SSSR count). The number of carbonyl (C=O) groups is 2. The molecule has 0 saturated heterocycles. The zero-order chi connectivity index (χ0) is 23.0. The van der Waals surface area contributed by atoms with E-state index in [0.29, 0.717) is 37.2 Å². The van der Waals surface area contributed by atoms with Gasteiger partial charge in [-0.05, 0) is 48.1 Å². The second-order valence-electron chi connectivity index (χ2n) is 9.58. The third-order valence-corrected chi connectivity index (χ3v) is 7.10. The van der Waals surface area contributed by atoms with Crippen LogP contribution in [-0.4, -0.2) is 29.8 Å². The fourth-order valence-corrected chi connectivity index (χ4v) is 5.11. The fraction of sp³-hybridized carbons (Fsp3) is 0.407. The third-order valence-electron chi connectivity index (χ3n) is 7.10. The molecule has 0 spiro atoms. The van der Waals surface area contributed by atoms with E-state index in [9.17, 15) is 14.9 Å². The normalized spacial score (nSPS) is 21.4. The van der Waals surface area contributed by atoms with Crippen LogP contribution in [0.5, 0.6) is 5.75 Å². The van der Waals surface area contributed by atoms with Gasteiger partial charge in [0.15, 0.2) is 5.78 Å². The Bertz CT molecular complexity index is 1160. The minimum atomic E-state index is -0.781. The summed E-state index contributed by atoms with van der Waals surface area (Å²) < 4.78 is 5.42. The number of rotatable bonds is 8. The van der Waals surface area contributed by atoms with Crippen molar-refractivity contribution >= 4 is 17.8 Å². The average Bonchev–Trinajstić information content (AvgIpc) is 3.40. The van der Waals surface area contributed by atoms with Crippen molar-refractivity contribution in [3.05, 3.63) is 64.5 Å². The molecular formula is C27H27N3O3. The van der Waals surface area contributed by atoms with E-state index in [1.807, 2.05) is 36.4 Å². The number of Topliss-reactive ketones (excluding diaryl/α,β-unsaturated/α-hetero) is 1. The minimum absolute atomic E-state index is 0.0571. The lowest BCUT2D eigenvalue weighted by Crippen LogP contribution is -2.43. The summed E-state index contributed by atoms with van der Waals surface area (Å²) in [5.41, 5.74) is 3.76. The molecule has 6 nitrogen and oxygen atoms in total. The van der Waals surface area contributed by atoms with Gasteiger partial charge in [0, 0.05) is 42.3 Å². The van der Waals surface area contributed by atoms with Crippen LogP contribution >= 0.6 is 0 Å². The molecular weight excluding hydrogens is 414 g/mol. The predicted octanol–water partition coefficient (Wildman–Crippen LogP) is 3.58. The lowest BCUT2D eigenvalue weighted by atomic mass is 9.79. The van der Waals surface area contributed by atoms with Crippen LogP contribution in [0.1, 0.15) is 48.1 Å². The zero-order valence-corrected chi connectivity index (χ0v) is 18.8. The van der Waals surface area contributed by atoms with E-state index in [-0.39, 0.29) is 18.1 Å². The van der Waals surface area contributed by atoms with Crippen LogP contribution in [0, 0.1) is 22.7 Å². The first-order valence-corrected chi connectivity index (χ1v) is 11.5. The number of amides is 1. The molecule has 2 aromatic rings. The molecule has 1 aromatic carbocycles. The van der Waals surface area contributed by atoms with Crippen LogP contribution in [0.3, 0.4) is 0 Å². The molecule has 6 heteroatoms. The molecule has 2 atom stereocenters. The largest absolute Gasteiger partial charge is 0.496 e. The lowest BCUT2D eigenvalue weighted by molar-refractivity contribution is -0.127. The van der Waals surface area contributed by atoms with Crippen LogP contribution in [0.15, 0.2) is 42.1 Å². The molecule has 3 aliphatic rings. The Morgan fingerprint density at radius 3 is 2.79 bits per heavy atom. The second-order valence-corrected chi connectivity index (χ2v) is 9.58. The van der Waals surface area contributed by atoms with Gasteiger partial charge in [-0.1, -0.05) is 31.0 Å². The van der Waals surface area contributed by atoms with Crippen molar-refractivity contribution in [2.45, 2.75) is 51.0 Å². The number of nitrogens with one attached hydrogen (secondary N) is 1. The molecule has 1 saturated carbocycles. The SMILES string of the molecule is COc1cccc2c1C=C(C(=O)N[C@@H](CC1CC1)C(=O)C[C@@]1(C#N)Cc3cccnc3C1)C2. The molecule has 0 bridgehead atoms. The van der Waals surface area contributed by atoms with E-state index in [1.54, 1.807) is 13.3 Å². The molecule has 1 amide bonds. The van der Waals surface area contributed by atoms with E-state index in [1.165, 1.54) is 0 Å². The number of methoxy groups -OCH3 is 1. The number of aromatic nitrogens is 1. The van der Waals surface area contributed by atoms with Crippen molar-refractivity contribution in [2.75, 3.05) is 7.11 Å². The summed E-state index contributed by atoms with van der Waals surface area (Å²) in [7, 11) is 1.62. The maximum atomic E-state index is 13.4. The number of nitrogens with zero attached hydrogens (tertiary/aromatic N) is 2. The molecule has 0 aliphatic heterocycles. The van der Waals surface area contributed by atoms with Crippen molar-refractivity contribution in [2.24, 2.45) is 11.3 Å². The summed E-state index contributed by atoms with van der Waals surface area (Å²) in [6.07, 6.45) is 8.06.